The van der Waals surface area contributed by atoms with Crippen molar-refractivity contribution in [3.63, 3.8) is 0 Å². The number of likely N-dealkylation sites (tertiary alicyclic amines) is 1. The van der Waals surface area contributed by atoms with Crippen LogP contribution < -0.4 is 5.73 Å². The molecule has 0 amide bonds. The van der Waals surface area contributed by atoms with E-state index >= 15 is 0 Å². The second-order valence-corrected chi connectivity index (χ2v) is 5.14. The summed E-state index contributed by atoms with van der Waals surface area (Å²) in [6, 6.07) is 4.04. The monoisotopic (exact) mass is 232 g/mol. The number of guanidine groups is 1. The molecule has 0 spiro atoms. The average molecular weight is 232 g/mol. The molecule has 1 aromatic heterocycles. The molecule has 1 fully saturated rings. The van der Waals surface area contributed by atoms with Crippen molar-refractivity contribution in [1.82, 2.24) is 9.88 Å². The van der Waals surface area contributed by atoms with Crippen molar-refractivity contribution in [3.8, 4) is 0 Å². The maximum absolute atomic E-state index is 5.92. The largest absolute Gasteiger partial charge is 0.370 e. The third-order valence-corrected chi connectivity index (χ3v) is 3.26. The first-order valence-corrected chi connectivity index (χ1v) is 6.05. The van der Waals surface area contributed by atoms with Crippen molar-refractivity contribution in [1.29, 1.82) is 0 Å². The molecule has 2 heterocycles. The van der Waals surface area contributed by atoms with E-state index in [4.69, 9.17) is 5.73 Å². The number of rotatable bonds is 3. The van der Waals surface area contributed by atoms with Crippen molar-refractivity contribution in [2.75, 3.05) is 19.6 Å². The van der Waals surface area contributed by atoms with E-state index in [1.807, 2.05) is 12.3 Å². The molecule has 17 heavy (non-hydrogen) atoms. The van der Waals surface area contributed by atoms with E-state index in [-0.39, 0.29) is 5.41 Å². The fourth-order valence-electron chi connectivity index (χ4n) is 1.78. The number of nitrogens with zero attached hydrogens (tertiary/aromatic N) is 3. The van der Waals surface area contributed by atoms with Gasteiger partial charge in [-0.1, -0.05) is 19.9 Å². The van der Waals surface area contributed by atoms with Gasteiger partial charge in [0, 0.05) is 30.9 Å². The quantitative estimate of drug-likeness (QED) is 0.632. The van der Waals surface area contributed by atoms with Gasteiger partial charge in [0.2, 0.25) is 0 Å². The van der Waals surface area contributed by atoms with Gasteiger partial charge in [0.25, 0.3) is 0 Å². The molecule has 1 aliphatic rings. The van der Waals surface area contributed by atoms with Crippen molar-refractivity contribution in [2.24, 2.45) is 10.7 Å². The first kappa shape index (κ1) is 11.9. The van der Waals surface area contributed by atoms with E-state index in [1.54, 1.807) is 6.20 Å². The lowest BCUT2D eigenvalue weighted by Gasteiger charge is -2.32. The maximum atomic E-state index is 5.92. The number of hydrogen-bond donors (Lipinski definition) is 1. The van der Waals surface area contributed by atoms with Crippen LogP contribution in [0.5, 0.6) is 0 Å². The highest BCUT2D eigenvalue weighted by Gasteiger charge is 2.22. The smallest absolute Gasteiger partial charge is 0.191 e. The normalized spacial score (nSPS) is 16.8. The predicted molar refractivity (Wildman–Crippen MR) is 69.9 cm³/mol. The maximum Gasteiger partial charge on any atom is 0.191 e. The van der Waals surface area contributed by atoms with E-state index in [0.717, 1.165) is 13.1 Å². The minimum Gasteiger partial charge on any atom is -0.370 e. The van der Waals surface area contributed by atoms with Gasteiger partial charge in [-0.25, -0.2) is 0 Å². The topological polar surface area (TPSA) is 54.5 Å². The Bertz CT molecular complexity index is 393. The molecule has 0 radical (unpaired) electrons. The molecule has 0 saturated carbocycles. The zero-order valence-electron chi connectivity index (χ0n) is 10.6. The van der Waals surface area contributed by atoms with Crippen LogP contribution in [0.2, 0.25) is 0 Å². The Labute approximate surface area is 103 Å². The number of nitrogens with two attached hydrogens (primary N) is 1. The van der Waals surface area contributed by atoms with Crippen molar-refractivity contribution >= 4 is 5.96 Å². The van der Waals surface area contributed by atoms with Crippen LogP contribution in [0.3, 0.4) is 0 Å². The lowest BCUT2D eigenvalue weighted by molar-refractivity contribution is 0.295. The van der Waals surface area contributed by atoms with Crippen molar-refractivity contribution in [3.05, 3.63) is 30.1 Å². The molecule has 2 rings (SSSR count). The molecule has 4 nitrogen and oxygen atoms in total. The molecular weight excluding hydrogens is 212 g/mol. The van der Waals surface area contributed by atoms with Gasteiger partial charge in [-0.2, -0.15) is 0 Å². The van der Waals surface area contributed by atoms with Gasteiger partial charge >= 0.3 is 0 Å². The van der Waals surface area contributed by atoms with Crippen LogP contribution in [0.4, 0.5) is 0 Å². The molecule has 0 aromatic carbocycles. The molecular formula is C13H20N4. The number of hydrogen-bond acceptors (Lipinski definition) is 2. The SMILES string of the molecule is CC(C)(CN=C(N)N1CCC1)c1cccnc1. The molecule has 0 aliphatic carbocycles. The summed E-state index contributed by atoms with van der Waals surface area (Å²) in [7, 11) is 0. The molecule has 1 saturated heterocycles. The Morgan fingerprint density at radius 2 is 2.29 bits per heavy atom. The highest BCUT2D eigenvalue weighted by molar-refractivity contribution is 5.78. The molecule has 1 aromatic rings. The van der Waals surface area contributed by atoms with E-state index < -0.39 is 0 Å². The van der Waals surface area contributed by atoms with Crippen LogP contribution in [0.1, 0.15) is 25.8 Å². The Kier molecular flexibility index (Phi) is 3.31. The van der Waals surface area contributed by atoms with Crippen LogP contribution >= 0.6 is 0 Å². The highest BCUT2D eigenvalue weighted by atomic mass is 15.3. The summed E-state index contributed by atoms with van der Waals surface area (Å²) >= 11 is 0. The van der Waals surface area contributed by atoms with Gasteiger partial charge in [-0.3, -0.25) is 9.98 Å². The Hall–Kier alpha value is -1.58. The van der Waals surface area contributed by atoms with Gasteiger partial charge in [-0.15, -0.1) is 0 Å². The van der Waals surface area contributed by atoms with E-state index in [9.17, 15) is 0 Å². The van der Waals surface area contributed by atoms with E-state index in [1.165, 1.54) is 12.0 Å². The number of aliphatic imine (C=N–C) groups is 1. The van der Waals surface area contributed by atoms with Gasteiger partial charge in [-0.05, 0) is 18.1 Å². The fraction of sp³-hybridized carbons (Fsp3) is 0.538. The highest BCUT2D eigenvalue weighted by Crippen LogP contribution is 2.22. The Balaban J connectivity index is 2.02. The standard InChI is InChI=1S/C13H20N4/c1-13(2,11-5-3-6-15-9-11)10-16-12(14)17-7-4-8-17/h3,5-6,9H,4,7-8,10H2,1-2H3,(H2,14,16). The fourth-order valence-corrected chi connectivity index (χ4v) is 1.78. The van der Waals surface area contributed by atoms with Crippen LogP contribution in [-0.2, 0) is 5.41 Å². The predicted octanol–water partition coefficient (Wildman–Crippen LogP) is 1.38. The zero-order chi connectivity index (χ0) is 12.3. The molecule has 1 aliphatic heterocycles. The lowest BCUT2D eigenvalue weighted by Crippen LogP contribution is -2.46. The summed E-state index contributed by atoms with van der Waals surface area (Å²) < 4.78 is 0. The van der Waals surface area contributed by atoms with Gasteiger partial charge in [0.15, 0.2) is 5.96 Å². The number of aromatic nitrogens is 1. The summed E-state index contributed by atoms with van der Waals surface area (Å²) in [6.07, 6.45) is 4.91. The zero-order valence-corrected chi connectivity index (χ0v) is 10.6. The average Bonchev–Trinajstić information content (AvgIpc) is 2.25. The summed E-state index contributed by atoms with van der Waals surface area (Å²) in [5.41, 5.74) is 7.10. The third kappa shape index (κ3) is 2.75. The first-order valence-electron chi connectivity index (χ1n) is 6.05. The molecule has 2 N–H and O–H groups in total. The van der Waals surface area contributed by atoms with Crippen molar-refractivity contribution in [2.45, 2.75) is 25.7 Å². The molecule has 4 heteroatoms. The minimum absolute atomic E-state index is 0.0241. The van der Waals surface area contributed by atoms with Gasteiger partial charge < -0.3 is 10.6 Å². The lowest BCUT2D eigenvalue weighted by atomic mass is 9.86. The third-order valence-electron chi connectivity index (χ3n) is 3.26. The minimum atomic E-state index is -0.0241. The second kappa shape index (κ2) is 4.73. The molecule has 92 valence electrons. The van der Waals surface area contributed by atoms with Crippen LogP contribution in [0, 0.1) is 0 Å². The first-order chi connectivity index (χ1) is 8.09. The molecule has 0 unspecified atom stereocenters. The second-order valence-electron chi connectivity index (χ2n) is 5.14. The van der Waals surface area contributed by atoms with Crippen LogP contribution in [0.15, 0.2) is 29.5 Å². The van der Waals surface area contributed by atoms with Gasteiger partial charge in [0.05, 0.1) is 6.54 Å². The summed E-state index contributed by atoms with van der Waals surface area (Å²) in [5.74, 6) is 0.674. The van der Waals surface area contributed by atoms with Gasteiger partial charge in [0.1, 0.15) is 0 Å². The van der Waals surface area contributed by atoms with E-state index in [2.05, 4.69) is 34.8 Å². The summed E-state index contributed by atoms with van der Waals surface area (Å²) in [4.78, 5) is 10.7. The summed E-state index contributed by atoms with van der Waals surface area (Å²) in [5, 5.41) is 0. The number of pyridine rings is 1. The Morgan fingerprint density at radius 1 is 1.53 bits per heavy atom. The van der Waals surface area contributed by atoms with Crippen LogP contribution in [-0.4, -0.2) is 35.5 Å². The van der Waals surface area contributed by atoms with Crippen LogP contribution in [0.25, 0.3) is 0 Å². The van der Waals surface area contributed by atoms with E-state index in [0.29, 0.717) is 12.5 Å². The summed E-state index contributed by atoms with van der Waals surface area (Å²) in [6.45, 7) is 7.11. The Morgan fingerprint density at radius 3 is 2.82 bits per heavy atom. The molecule has 0 bridgehead atoms. The molecule has 0 atom stereocenters. The van der Waals surface area contributed by atoms with Crippen molar-refractivity contribution < 1.29 is 0 Å².